The van der Waals surface area contributed by atoms with Crippen molar-refractivity contribution in [3.63, 3.8) is 0 Å². The molecule has 3 aliphatic heterocycles. The number of likely N-dealkylation sites (tertiary alicyclic amines) is 2. The Labute approximate surface area is 353 Å². The molecule has 0 spiro atoms. The van der Waals surface area contributed by atoms with Gasteiger partial charge in [0.25, 0.3) is 0 Å². The number of aryl methyl sites for hydroxylation is 2. The lowest BCUT2D eigenvalue weighted by atomic mass is 9.90. The van der Waals surface area contributed by atoms with Crippen molar-refractivity contribution in [2.24, 2.45) is 23.7 Å². The average Bonchev–Trinajstić information content (AvgIpc) is 3.93. The second-order valence-electron chi connectivity index (χ2n) is 18.2. The van der Waals surface area contributed by atoms with Gasteiger partial charge in [-0.25, -0.2) is 19.6 Å². The van der Waals surface area contributed by atoms with Gasteiger partial charge in [-0.15, -0.1) is 0 Å². The lowest BCUT2D eigenvalue weighted by Crippen LogP contribution is -2.54. The van der Waals surface area contributed by atoms with Crippen LogP contribution in [0.15, 0.2) is 48.5 Å². The van der Waals surface area contributed by atoms with Gasteiger partial charge in [-0.2, -0.15) is 0 Å². The number of carbonyl (C=O) groups is 4. The first kappa shape index (κ1) is 39.4. The minimum absolute atomic E-state index is 0.0197. The number of rotatable bonds is 11. The summed E-state index contributed by atoms with van der Waals surface area (Å²) in [5, 5.41) is 7.79. The van der Waals surface area contributed by atoms with E-state index in [-0.39, 0.29) is 47.8 Å². The number of alkyl carbamates (subject to hydrolysis) is 2. The number of nitrogens with zero attached hydrogens (tertiary/aromatic N) is 4. The Balaban J connectivity index is 0.837. The lowest BCUT2D eigenvalue weighted by Gasteiger charge is -2.35. The molecule has 5 heterocycles. The standard InChI is InChI=1S/C46H54N8O7/c1-23(2)38(51-45(57)59-3)43(55)53-34-19-28(34)21-36(53)41-47-31-11-8-25(18-33(31)49-41)6-5-24-7-10-30-27(17-24)9-12-32-40(30)50-42(48-32)37-22-29-20-35(29)54(37)44(56)39(52-46(58)60-4)26-13-15-61-16-14-26/h7-12,17-18,23,26,28-29,34-39H,5-6,13-16,19-22H2,1-4H3,(H,47,49)(H,48,50)(H,51,57)(H,52,58)/t28?,29-,34-,35-,36+,37+,38+,39+/m1/s1. The number of aromatic nitrogens is 4. The number of carbonyl (C=O) groups excluding carboxylic acids is 4. The first-order valence-electron chi connectivity index (χ1n) is 21.9. The normalized spacial score (nSPS) is 25.4. The molecule has 8 atom stereocenters. The third kappa shape index (κ3) is 7.33. The van der Waals surface area contributed by atoms with Crippen LogP contribution in [0.2, 0.25) is 0 Å². The zero-order valence-corrected chi connectivity index (χ0v) is 35.1. The van der Waals surface area contributed by atoms with E-state index in [9.17, 15) is 19.2 Å². The highest BCUT2D eigenvalue weighted by Crippen LogP contribution is 2.55. The van der Waals surface area contributed by atoms with Gasteiger partial charge in [0, 0.05) is 30.7 Å². The molecular formula is C46H54N8O7. The number of hydrogen-bond acceptors (Lipinski definition) is 9. The highest BCUT2D eigenvalue weighted by molar-refractivity contribution is 6.04. The molecular weight excluding hydrogens is 777 g/mol. The number of fused-ring (bicyclic) bond motifs is 6. The predicted molar refractivity (Wildman–Crippen MR) is 226 cm³/mol. The molecule has 5 fully saturated rings. The zero-order chi connectivity index (χ0) is 42.1. The molecule has 15 heteroatoms. The number of benzene rings is 3. The van der Waals surface area contributed by atoms with Crippen molar-refractivity contribution < 1.29 is 33.4 Å². The summed E-state index contributed by atoms with van der Waals surface area (Å²) in [4.78, 5) is 73.9. The van der Waals surface area contributed by atoms with Gasteiger partial charge in [-0.1, -0.05) is 44.2 Å². The summed E-state index contributed by atoms with van der Waals surface area (Å²) in [5.74, 6) is 2.19. The largest absolute Gasteiger partial charge is 0.453 e. The van der Waals surface area contributed by atoms with E-state index >= 15 is 0 Å². The smallest absolute Gasteiger partial charge is 0.407 e. The van der Waals surface area contributed by atoms with Crippen LogP contribution in [0, 0.1) is 23.7 Å². The fourth-order valence-corrected chi connectivity index (χ4v) is 10.5. The van der Waals surface area contributed by atoms with Crippen LogP contribution in [0.4, 0.5) is 9.59 Å². The number of ether oxygens (including phenoxy) is 3. The van der Waals surface area contributed by atoms with Crippen molar-refractivity contribution in [3.05, 3.63) is 71.3 Å². The summed E-state index contributed by atoms with van der Waals surface area (Å²) in [6.07, 6.45) is 5.55. The summed E-state index contributed by atoms with van der Waals surface area (Å²) in [6.45, 7) is 5.00. The molecule has 2 saturated carbocycles. The molecule has 4 N–H and O–H groups in total. The maximum Gasteiger partial charge on any atom is 0.407 e. The molecule has 2 aliphatic carbocycles. The third-order valence-electron chi connectivity index (χ3n) is 14.0. The van der Waals surface area contributed by atoms with Crippen molar-refractivity contribution in [3.8, 4) is 0 Å². The highest BCUT2D eigenvalue weighted by Gasteiger charge is 2.57. The summed E-state index contributed by atoms with van der Waals surface area (Å²) in [5.41, 5.74) is 6.05. The van der Waals surface area contributed by atoms with Crippen LogP contribution < -0.4 is 10.6 Å². The van der Waals surface area contributed by atoms with E-state index in [1.54, 1.807) is 0 Å². The molecule has 2 aromatic heterocycles. The van der Waals surface area contributed by atoms with Crippen LogP contribution in [0.3, 0.4) is 0 Å². The van der Waals surface area contributed by atoms with Crippen LogP contribution in [0.25, 0.3) is 32.8 Å². The SMILES string of the molecule is COC(=O)N[C@H](C(=O)N1[C@@H]2CC2C[C@H]1c1nc2ccc(CCc3ccc4c(ccc5[nH]c([C@@H]6C[C@H]7C[C@H]7N6C(=O)[C@@H](NC(=O)OC)C6CCOCC6)nc54)c3)cc2[nH]1)C(C)C. The number of H-pyrrole nitrogens is 2. The van der Waals surface area contributed by atoms with Crippen molar-refractivity contribution in [1.29, 1.82) is 0 Å². The maximum absolute atomic E-state index is 14.3. The van der Waals surface area contributed by atoms with Crippen LogP contribution >= 0.6 is 0 Å². The molecule has 3 saturated heterocycles. The van der Waals surface area contributed by atoms with Gasteiger partial charge < -0.3 is 44.6 Å². The topological polar surface area (TPSA) is 184 Å². The quantitative estimate of drug-likeness (QED) is 0.120. The van der Waals surface area contributed by atoms with Crippen LogP contribution in [-0.2, 0) is 36.6 Å². The number of imidazole rings is 2. The molecule has 10 rings (SSSR count). The third-order valence-corrected chi connectivity index (χ3v) is 14.0. The highest BCUT2D eigenvalue weighted by atomic mass is 16.5. The molecule has 0 bridgehead atoms. The van der Waals surface area contributed by atoms with Gasteiger partial charge in [0.15, 0.2) is 0 Å². The molecule has 15 nitrogen and oxygen atoms in total. The van der Waals surface area contributed by atoms with Gasteiger partial charge in [-0.05, 0) is 110 Å². The van der Waals surface area contributed by atoms with E-state index in [0.29, 0.717) is 37.9 Å². The second-order valence-corrected chi connectivity index (χ2v) is 18.2. The predicted octanol–water partition coefficient (Wildman–Crippen LogP) is 6.23. The number of aromatic amines is 2. The lowest BCUT2D eigenvalue weighted by molar-refractivity contribution is -0.138. The van der Waals surface area contributed by atoms with Crippen molar-refractivity contribution in [2.45, 2.75) is 101 Å². The monoisotopic (exact) mass is 830 g/mol. The molecule has 5 aliphatic rings. The Kier molecular flexibility index (Phi) is 10.1. The zero-order valence-electron chi connectivity index (χ0n) is 35.1. The van der Waals surface area contributed by atoms with E-state index in [4.69, 9.17) is 24.2 Å². The summed E-state index contributed by atoms with van der Waals surface area (Å²) >= 11 is 0. The fraction of sp³-hybridized carbons (Fsp3) is 0.522. The van der Waals surface area contributed by atoms with E-state index in [0.717, 1.165) is 83.0 Å². The molecule has 1 unspecified atom stereocenters. The number of piperidine rings is 2. The number of nitrogens with one attached hydrogen (secondary N) is 4. The number of amides is 4. The number of methoxy groups -OCH3 is 2. The summed E-state index contributed by atoms with van der Waals surface area (Å²) in [7, 11) is 2.63. The van der Waals surface area contributed by atoms with Crippen molar-refractivity contribution >= 4 is 56.8 Å². The Hall–Kier alpha value is -5.70. The Morgan fingerprint density at radius 3 is 2.07 bits per heavy atom. The molecule has 5 aromatic rings. The van der Waals surface area contributed by atoms with Crippen LogP contribution in [0.5, 0.6) is 0 Å². The van der Waals surface area contributed by atoms with Gasteiger partial charge in [0.1, 0.15) is 23.7 Å². The molecule has 320 valence electrons. The van der Waals surface area contributed by atoms with Crippen LogP contribution in [0.1, 0.15) is 87.2 Å². The van der Waals surface area contributed by atoms with Gasteiger partial charge in [0.05, 0.1) is 48.4 Å². The molecule has 0 radical (unpaired) electrons. The Morgan fingerprint density at radius 1 is 0.754 bits per heavy atom. The van der Waals surface area contributed by atoms with Gasteiger partial charge in [-0.3, -0.25) is 9.59 Å². The van der Waals surface area contributed by atoms with Crippen molar-refractivity contribution in [2.75, 3.05) is 27.4 Å². The van der Waals surface area contributed by atoms with E-state index < -0.39 is 24.3 Å². The van der Waals surface area contributed by atoms with E-state index in [1.165, 1.54) is 25.3 Å². The number of hydrogen-bond donors (Lipinski definition) is 4. The molecule has 3 aromatic carbocycles. The fourth-order valence-electron chi connectivity index (χ4n) is 10.5. The Bertz CT molecular complexity index is 2530. The van der Waals surface area contributed by atoms with Crippen molar-refractivity contribution in [1.82, 2.24) is 40.4 Å². The Morgan fingerprint density at radius 2 is 1.38 bits per heavy atom. The van der Waals surface area contributed by atoms with E-state index in [1.807, 2.05) is 23.6 Å². The van der Waals surface area contributed by atoms with Gasteiger partial charge in [0.2, 0.25) is 11.8 Å². The minimum atomic E-state index is -0.673. The summed E-state index contributed by atoms with van der Waals surface area (Å²) in [6, 6.07) is 15.8. The van der Waals surface area contributed by atoms with E-state index in [2.05, 4.69) is 69.1 Å². The average molecular weight is 831 g/mol. The summed E-state index contributed by atoms with van der Waals surface area (Å²) < 4.78 is 15.3. The first-order valence-corrected chi connectivity index (χ1v) is 21.9. The second kappa shape index (κ2) is 15.6. The molecule has 4 amide bonds. The first-order chi connectivity index (χ1) is 29.6. The minimum Gasteiger partial charge on any atom is -0.453 e. The molecule has 61 heavy (non-hydrogen) atoms. The van der Waals surface area contributed by atoms with Crippen LogP contribution in [-0.4, -0.2) is 105 Å². The maximum atomic E-state index is 14.3. The van der Waals surface area contributed by atoms with Gasteiger partial charge >= 0.3 is 12.2 Å².